The summed E-state index contributed by atoms with van der Waals surface area (Å²) in [5, 5.41) is 2.99. The predicted molar refractivity (Wildman–Crippen MR) is 63.3 cm³/mol. The smallest absolute Gasteiger partial charge is 0.179 e. The van der Waals surface area contributed by atoms with Gasteiger partial charge in [-0.2, -0.15) is 0 Å². The molecule has 2 rings (SSSR count). The highest BCUT2D eigenvalue weighted by Gasteiger charge is 2.07. The molecule has 4 nitrogen and oxygen atoms in total. The third-order valence-electron chi connectivity index (χ3n) is 2.05. The number of aromatic nitrogens is 3. The Bertz CT molecular complexity index is 496. The van der Waals surface area contributed by atoms with Gasteiger partial charge in [0.05, 0.1) is 17.3 Å². The monoisotopic (exact) mass is 235 g/mol. The Morgan fingerprint density at radius 2 is 2.06 bits per heavy atom. The maximum Gasteiger partial charge on any atom is 0.179 e. The van der Waals surface area contributed by atoms with Crippen LogP contribution in [0.15, 0.2) is 11.4 Å². The van der Waals surface area contributed by atoms with Crippen molar-refractivity contribution in [3.8, 4) is 11.5 Å². The molecule has 0 radical (unpaired) electrons. The number of ether oxygens (including phenoxy) is 1. The Labute approximate surface area is 98.4 Å². The van der Waals surface area contributed by atoms with Crippen molar-refractivity contribution in [3.63, 3.8) is 0 Å². The van der Waals surface area contributed by atoms with Crippen molar-refractivity contribution in [2.24, 2.45) is 0 Å². The molecule has 0 saturated heterocycles. The zero-order valence-corrected chi connectivity index (χ0v) is 10.3. The summed E-state index contributed by atoms with van der Waals surface area (Å²) in [5.74, 6) is 0.677. The van der Waals surface area contributed by atoms with Gasteiger partial charge in [0.1, 0.15) is 5.69 Å². The first-order chi connectivity index (χ1) is 7.69. The lowest BCUT2D eigenvalue weighted by Crippen LogP contribution is -1.99. The third kappa shape index (κ3) is 2.43. The van der Waals surface area contributed by atoms with Gasteiger partial charge in [-0.15, -0.1) is 11.3 Å². The highest BCUT2D eigenvalue weighted by atomic mass is 32.1. The average Bonchev–Trinajstić information content (AvgIpc) is 2.64. The van der Waals surface area contributed by atoms with Crippen molar-refractivity contribution in [3.05, 3.63) is 27.8 Å². The Morgan fingerprint density at radius 3 is 2.69 bits per heavy atom. The molecule has 5 heteroatoms. The van der Waals surface area contributed by atoms with E-state index in [1.165, 1.54) is 0 Å². The first-order valence-electron chi connectivity index (χ1n) is 4.95. The molecule has 0 bridgehead atoms. The van der Waals surface area contributed by atoms with Crippen LogP contribution < -0.4 is 0 Å². The second-order valence-corrected chi connectivity index (χ2v) is 4.57. The lowest BCUT2D eigenvalue weighted by molar-refractivity contribution is 0.181. The van der Waals surface area contributed by atoms with E-state index in [0.29, 0.717) is 12.4 Å². The lowest BCUT2D eigenvalue weighted by Gasteiger charge is -2.03. The maximum absolute atomic E-state index is 5.07. The molecule has 16 heavy (non-hydrogen) atoms. The van der Waals surface area contributed by atoms with E-state index in [1.807, 2.05) is 25.3 Å². The van der Waals surface area contributed by atoms with E-state index in [0.717, 1.165) is 22.1 Å². The third-order valence-corrected chi connectivity index (χ3v) is 2.82. The van der Waals surface area contributed by atoms with Gasteiger partial charge in [-0.3, -0.25) is 0 Å². The van der Waals surface area contributed by atoms with Crippen molar-refractivity contribution in [1.29, 1.82) is 0 Å². The van der Waals surface area contributed by atoms with Crippen LogP contribution in [0, 0.1) is 13.8 Å². The summed E-state index contributed by atoms with van der Waals surface area (Å²) in [7, 11) is 1.66. The van der Waals surface area contributed by atoms with Crippen LogP contribution >= 0.6 is 11.3 Å². The SMILES string of the molecule is COCc1cc(C)nc(-c2csc(C)n2)n1. The van der Waals surface area contributed by atoms with Gasteiger partial charge >= 0.3 is 0 Å². The Balaban J connectivity index is 2.40. The van der Waals surface area contributed by atoms with Gasteiger partial charge in [0.15, 0.2) is 5.82 Å². The summed E-state index contributed by atoms with van der Waals surface area (Å²) in [6.45, 7) is 4.42. The Morgan fingerprint density at radius 1 is 1.25 bits per heavy atom. The minimum Gasteiger partial charge on any atom is -0.378 e. The van der Waals surface area contributed by atoms with Gasteiger partial charge in [-0.1, -0.05) is 0 Å². The van der Waals surface area contributed by atoms with Crippen LogP contribution in [0.1, 0.15) is 16.4 Å². The molecule has 0 aliphatic carbocycles. The molecule has 0 spiro atoms. The van der Waals surface area contributed by atoms with Crippen molar-refractivity contribution in [2.45, 2.75) is 20.5 Å². The van der Waals surface area contributed by atoms with E-state index in [4.69, 9.17) is 4.74 Å². The average molecular weight is 235 g/mol. The molecule has 0 saturated carbocycles. The summed E-state index contributed by atoms with van der Waals surface area (Å²) in [6, 6.07) is 1.92. The van der Waals surface area contributed by atoms with Crippen LogP contribution in [0.4, 0.5) is 0 Å². The van der Waals surface area contributed by atoms with Gasteiger partial charge < -0.3 is 4.74 Å². The number of aryl methyl sites for hydroxylation is 2. The highest BCUT2D eigenvalue weighted by molar-refractivity contribution is 7.09. The van der Waals surface area contributed by atoms with Gasteiger partial charge in [0, 0.05) is 18.2 Å². The van der Waals surface area contributed by atoms with E-state index in [9.17, 15) is 0 Å². The zero-order chi connectivity index (χ0) is 11.5. The first kappa shape index (κ1) is 11.2. The number of thiazole rings is 1. The fourth-order valence-corrected chi connectivity index (χ4v) is 2.03. The summed E-state index contributed by atoms with van der Waals surface area (Å²) >= 11 is 1.60. The topological polar surface area (TPSA) is 47.9 Å². The molecular formula is C11H13N3OS. The van der Waals surface area contributed by atoms with Crippen molar-refractivity contribution >= 4 is 11.3 Å². The van der Waals surface area contributed by atoms with Crippen molar-refractivity contribution in [2.75, 3.05) is 7.11 Å². The van der Waals surface area contributed by atoms with Crippen LogP contribution in [0.3, 0.4) is 0 Å². The quantitative estimate of drug-likeness (QED) is 0.819. The lowest BCUT2D eigenvalue weighted by atomic mass is 10.3. The van der Waals surface area contributed by atoms with E-state index < -0.39 is 0 Å². The summed E-state index contributed by atoms with van der Waals surface area (Å²) in [6.07, 6.45) is 0. The minimum absolute atomic E-state index is 0.499. The van der Waals surface area contributed by atoms with Crippen LogP contribution in [-0.2, 0) is 11.3 Å². The van der Waals surface area contributed by atoms with Crippen molar-refractivity contribution < 1.29 is 4.74 Å². The molecular weight excluding hydrogens is 222 g/mol. The Hall–Kier alpha value is -1.33. The van der Waals surface area contributed by atoms with Crippen LogP contribution in [-0.4, -0.2) is 22.1 Å². The summed E-state index contributed by atoms with van der Waals surface area (Å²) in [4.78, 5) is 13.2. The van der Waals surface area contributed by atoms with E-state index in [1.54, 1.807) is 18.4 Å². The zero-order valence-electron chi connectivity index (χ0n) is 9.52. The van der Waals surface area contributed by atoms with Crippen LogP contribution in [0.5, 0.6) is 0 Å². The fourth-order valence-electron chi connectivity index (χ4n) is 1.44. The molecule has 2 aromatic heterocycles. The number of nitrogens with zero attached hydrogens (tertiary/aromatic N) is 3. The molecule has 0 aliphatic heterocycles. The van der Waals surface area contributed by atoms with Gasteiger partial charge in [-0.05, 0) is 19.9 Å². The maximum atomic E-state index is 5.07. The second kappa shape index (κ2) is 4.67. The van der Waals surface area contributed by atoms with Crippen LogP contribution in [0.2, 0.25) is 0 Å². The van der Waals surface area contributed by atoms with E-state index in [-0.39, 0.29) is 0 Å². The van der Waals surface area contributed by atoms with Gasteiger partial charge in [-0.25, -0.2) is 15.0 Å². The summed E-state index contributed by atoms with van der Waals surface area (Å²) < 4.78 is 5.07. The molecule has 0 atom stereocenters. The number of methoxy groups -OCH3 is 1. The largest absolute Gasteiger partial charge is 0.378 e. The fraction of sp³-hybridized carbons (Fsp3) is 0.364. The number of rotatable bonds is 3. The molecule has 2 heterocycles. The highest BCUT2D eigenvalue weighted by Crippen LogP contribution is 2.18. The molecule has 0 amide bonds. The molecule has 0 aromatic carbocycles. The molecule has 0 unspecified atom stereocenters. The van der Waals surface area contributed by atoms with Gasteiger partial charge in [0.25, 0.3) is 0 Å². The standard InChI is InChI=1S/C11H13N3OS/c1-7-4-9(5-15-3)14-11(12-7)10-6-16-8(2)13-10/h4,6H,5H2,1-3H3. The molecule has 0 N–H and O–H groups in total. The van der Waals surface area contributed by atoms with Gasteiger partial charge in [0.2, 0.25) is 0 Å². The number of hydrogen-bond donors (Lipinski definition) is 0. The number of hydrogen-bond acceptors (Lipinski definition) is 5. The molecule has 84 valence electrons. The Kier molecular flexibility index (Phi) is 3.26. The van der Waals surface area contributed by atoms with Crippen molar-refractivity contribution in [1.82, 2.24) is 15.0 Å². The first-order valence-corrected chi connectivity index (χ1v) is 5.83. The molecule has 0 aliphatic rings. The summed E-state index contributed by atoms with van der Waals surface area (Å²) in [5.41, 5.74) is 2.65. The predicted octanol–water partition coefficient (Wildman–Crippen LogP) is 2.36. The molecule has 2 aromatic rings. The minimum atomic E-state index is 0.499. The van der Waals surface area contributed by atoms with Crippen LogP contribution in [0.25, 0.3) is 11.5 Å². The normalized spacial score (nSPS) is 10.7. The molecule has 0 fully saturated rings. The van der Waals surface area contributed by atoms with E-state index >= 15 is 0 Å². The second-order valence-electron chi connectivity index (χ2n) is 3.51. The van der Waals surface area contributed by atoms with E-state index in [2.05, 4.69) is 15.0 Å².